The lowest BCUT2D eigenvalue weighted by atomic mass is 10.3. The summed E-state index contributed by atoms with van der Waals surface area (Å²) in [6.45, 7) is 7.87. The van der Waals surface area contributed by atoms with E-state index in [4.69, 9.17) is 14.5 Å². The molecular weight excluding hydrogens is 150 g/mol. The van der Waals surface area contributed by atoms with E-state index in [0.29, 0.717) is 0 Å². The molecule has 0 aromatic heterocycles. The Balaban J connectivity index is 3.73. The topological polar surface area (TPSA) is 49.7 Å². The molecule has 0 aliphatic rings. The van der Waals surface area contributed by atoms with Crippen molar-refractivity contribution in [2.75, 3.05) is 6.66 Å². The first-order valence-corrected chi connectivity index (χ1v) is 4.81. The lowest BCUT2D eigenvalue weighted by Crippen LogP contribution is -2.20. The fourth-order valence-electron chi connectivity index (χ4n) is 0.300. The second-order valence-electron chi connectivity index (χ2n) is 3.10. The number of hydrogen-bond acceptors (Lipinski definition) is 3. The minimum absolute atomic E-state index is 0.0129. The van der Waals surface area contributed by atoms with Crippen LogP contribution in [0.15, 0.2) is 0 Å². The highest BCUT2D eigenvalue weighted by Crippen LogP contribution is 2.46. The van der Waals surface area contributed by atoms with E-state index in [0.717, 1.165) is 0 Å². The molecule has 0 saturated heterocycles. The highest BCUT2D eigenvalue weighted by molar-refractivity contribution is 7.54. The monoisotopic (exact) mass is 164 g/mol. The molecule has 10 heavy (non-hydrogen) atoms. The third kappa shape index (κ3) is 4.23. The van der Waals surface area contributed by atoms with Crippen LogP contribution >= 0.6 is 8.15 Å². The summed E-state index contributed by atoms with van der Waals surface area (Å²) in [5.41, 5.74) is 0. The molecule has 0 fully saturated rings. The zero-order chi connectivity index (χ0) is 8.36. The van der Waals surface area contributed by atoms with Crippen LogP contribution in [0.25, 0.3) is 0 Å². The summed E-state index contributed by atoms with van der Waals surface area (Å²) in [5.74, 6) is 0. The van der Waals surface area contributed by atoms with Gasteiger partial charge in [-0.25, -0.2) is 0 Å². The van der Waals surface area contributed by atoms with Crippen LogP contribution in [0.2, 0.25) is 0 Å². The fourth-order valence-corrected chi connectivity index (χ4v) is 0.899. The summed E-state index contributed by atoms with van der Waals surface area (Å²) in [7, 11) is -2.39. The van der Waals surface area contributed by atoms with Gasteiger partial charge in [-0.2, -0.15) is 0 Å². The van der Waals surface area contributed by atoms with Crippen molar-refractivity contribution in [1.82, 2.24) is 0 Å². The first-order valence-electron chi connectivity index (χ1n) is 3.11. The second-order valence-corrected chi connectivity index (χ2v) is 5.65. The van der Waals surface area contributed by atoms with Crippen LogP contribution in [0.5, 0.6) is 0 Å². The van der Waals surface area contributed by atoms with Crippen molar-refractivity contribution in [2.24, 2.45) is 0 Å². The maximum atomic E-state index is 8.44. The van der Waals surface area contributed by atoms with E-state index in [9.17, 15) is 0 Å². The average Bonchev–Trinajstić information content (AvgIpc) is 1.60. The molecule has 3 nitrogen and oxygen atoms in total. The van der Waals surface area contributed by atoms with Crippen LogP contribution in [-0.4, -0.2) is 29.2 Å². The third-order valence-electron chi connectivity index (χ3n) is 1.20. The van der Waals surface area contributed by atoms with Gasteiger partial charge < -0.3 is 14.5 Å². The first kappa shape index (κ1) is 10.4. The van der Waals surface area contributed by atoms with Crippen LogP contribution in [0, 0.1) is 0 Å². The van der Waals surface area contributed by atoms with Crippen LogP contribution in [0.3, 0.4) is 0 Å². The number of rotatable bonds is 2. The smallest absolute Gasteiger partial charge is 0.402 e. The molecule has 0 radical (unpaired) electrons. The molecule has 0 aromatic carbocycles. The second kappa shape index (κ2) is 3.68. The Kier molecular flexibility index (Phi) is 3.81. The maximum absolute atomic E-state index is 8.44. The summed E-state index contributed by atoms with van der Waals surface area (Å²) in [5, 5.41) is 16.9. The van der Waals surface area contributed by atoms with E-state index in [1.165, 1.54) is 0 Å². The minimum atomic E-state index is -1.63. The predicted molar refractivity (Wildman–Crippen MR) is 43.9 cm³/mol. The Morgan fingerprint density at radius 2 is 1.70 bits per heavy atom. The molecule has 1 atom stereocenters. The Bertz CT molecular complexity index is 102. The van der Waals surface area contributed by atoms with Crippen molar-refractivity contribution in [2.45, 2.75) is 25.9 Å². The Morgan fingerprint density at radius 1 is 1.30 bits per heavy atom. The molecule has 0 aliphatic carbocycles. The van der Waals surface area contributed by atoms with Gasteiger partial charge in [-0.3, -0.25) is 0 Å². The van der Waals surface area contributed by atoms with Gasteiger partial charge in [0.2, 0.25) is 0 Å². The quantitative estimate of drug-likeness (QED) is 0.468. The molecule has 0 spiro atoms. The van der Waals surface area contributed by atoms with Gasteiger partial charge >= 0.3 is 7.32 Å². The first-order chi connectivity index (χ1) is 4.34. The van der Waals surface area contributed by atoms with Crippen LogP contribution in [0.4, 0.5) is 0 Å². The normalized spacial score (nSPS) is 15.0. The molecule has 2 N–H and O–H groups in total. The zero-order valence-electron chi connectivity index (χ0n) is 6.83. The lowest BCUT2D eigenvalue weighted by Gasteiger charge is -2.26. The van der Waals surface area contributed by atoms with E-state index in [1.807, 2.05) is 27.4 Å². The lowest BCUT2D eigenvalue weighted by molar-refractivity contribution is 0.298. The summed E-state index contributed by atoms with van der Waals surface area (Å²) in [6.07, 6.45) is 0. The van der Waals surface area contributed by atoms with Gasteiger partial charge in [0.25, 0.3) is 0 Å². The minimum Gasteiger partial charge on any atom is -0.402 e. The molecule has 0 aliphatic heterocycles. The summed E-state index contributed by atoms with van der Waals surface area (Å²) < 4.78 is 4.79. The van der Waals surface area contributed by atoms with Gasteiger partial charge in [-0.15, -0.1) is 0 Å². The SMILES string of the molecule is CP(OB(O)O)C(C)(C)C. The highest BCUT2D eigenvalue weighted by Gasteiger charge is 2.25. The molecule has 0 heterocycles. The molecule has 0 aromatic rings. The Labute approximate surface area is 63.4 Å². The average molecular weight is 164 g/mol. The van der Waals surface area contributed by atoms with Gasteiger partial charge in [0.05, 0.1) is 0 Å². The standard InChI is InChI=1S/C5H14BO3P/c1-5(2,3)10(4)9-6(7)8/h7-8H,1-4H3. The summed E-state index contributed by atoms with van der Waals surface area (Å²) in [4.78, 5) is 0. The maximum Gasteiger partial charge on any atom is 0.637 e. The molecule has 1 unspecified atom stereocenters. The van der Waals surface area contributed by atoms with Gasteiger partial charge in [0.15, 0.2) is 0 Å². The van der Waals surface area contributed by atoms with Crippen molar-refractivity contribution in [3.05, 3.63) is 0 Å². The van der Waals surface area contributed by atoms with Crippen LogP contribution in [-0.2, 0) is 4.44 Å². The van der Waals surface area contributed by atoms with Gasteiger partial charge in [0, 0.05) is 13.3 Å². The van der Waals surface area contributed by atoms with Gasteiger partial charge in [0.1, 0.15) is 0 Å². The van der Waals surface area contributed by atoms with Crippen molar-refractivity contribution in [3.63, 3.8) is 0 Å². The molecule has 60 valence electrons. The highest BCUT2D eigenvalue weighted by atomic mass is 31.1. The van der Waals surface area contributed by atoms with Crippen molar-refractivity contribution in [1.29, 1.82) is 0 Å². The van der Waals surface area contributed by atoms with Crippen LogP contribution in [0.1, 0.15) is 20.8 Å². The summed E-state index contributed by atoms with van der Waals surface area (Å²) in [6, 6.07) is 0. The molecule has 5 heteroatoms. The third-order valence-corrected chi connectivity index (χ3v) is 3.59. The van der Waals surface area contributed by atoms with Gasteiger partial charge in [-0.05, 0) is 6.66 Å². The van der Waals surface area contributed by atoms with E-state index < -0.39 is 15.5 Å². The molecular formula is C5H14BO3P. The van der Waals surface area contributed by atoms with Crippen molar-refractivity contribution < 1.29 is 14.5 Å². The van der Waals surface area contributed by atoms with Crippen molar-refractivity contribution >= 4 is 15.5 Å². The number of hydrogen-bond donors (Lipinski definition) is 2. The molecule has 0 saturated carbocycles. The molecule has 0 amide bonds. The largest absolute Gasteiger partial charge is 0.637 e. The van der Waals surface area contributed by atoms with E-state index in [-0.39, 0.29) is 5.16 Å². The Hall–Kier alpha value is 0.375. The molecule has 0 bridgehead atoms. The fraction of sp³-hybridized carbons (Fsp3) is 1.00. The Morgan fingerprint density at radius 3 is 1.80 bits per heavy atom. The predicted octanol–water partition coefficient (Wildman–Crippen LogP) is 0.798. The van der Waals surface area contributed by atoms with Crippen molar-refractivity contribution in [3.8, 4) is 0 Å². The van der Waals surface area contributed by atoms with Crippen LogP contribution < -0.4 is 0 Å². The molecule has 0 rings (SSSR count). The summed E-state index contributed by atoms with van der Waals surface area (Å²) >= 11 is 0. The zero-order valence-corrected chi connectivity index (χ0v) is 7.72. The van der Waals surface area contributed by atoms with Gasteiger partial charge in [-0.1, -0.05) is 20.8 Å². The van der Waals surface area contributed by atoms with E-state index in [2.05, 4.69) is 0 Å². The van der Waals surface area contributed by atoms with E-state index >= 15 is 0 Å². The van der Waals surface area contributed by atoms with E-state index in [1.54, 1.807) is 0 Å².